The van der Waals surface area contributed by atoms with E-state index >= 15 is 0 Å². The van der Waals surface area contributed by atoms with Gasteiger partial charge in [-0.05, 0) is 19.1 Å². The predicted octanol–water partition coefficient (Wildman–Crippen LogP) is 2.10. The average molecular weight is 482 g/mol. The van der Waals surface area contributed by atoms with Crippen LogP contribution < -0.4 is 20.3 Å². The molecule has 11 heteroatoms. The molecule has 2 fully saturated rings. The molecule has 0 spiro atoms. The number of rotatable bonds is 5. The lowest BCUT2D eigenvalue weighted by Crippen LogP contribution is -2.61. The molecule has 2 N–H and O–H groups in total. The van der Waals surface area contributed by atoms with Crippen LogP contribution in [0.1, 0.15) is 21.7 Å². The third-order valence-electron chi connectivity index (χ3n) is 6.20. The van der Waals surface area contributed by atoms with Gasteiger partial charge < -0.3 is 15.0 Å². The van der Waals surface area contributed by atoms with Crippen molar-refractivity contribution in [3.8, 4) is 5.88 Å². The minimum atomic E-state index is -0.604. The molecule has 0 saturated carbocycles. The summed E-state index contributed by atoms with van der Waals surface area (Å²) in [5, 5.41) is 6.70. The number of nitrogens with one attached hydrogen (secondary N) is 2. The first-order valence-corrected chi connectivity index (χ1v) is 11.9. The molecule has 0 aliphatic carbocycles. The summed E-state index contributed by atoms with van der Waals surface area (Å²) in [7, 11) is 1.39. The molecule has 1 amide bonds. The number of carbonyl (C=O) groups is 1. The highest BCUT2D eigenvalue weighted by Gasteiger charge is 2.53. The summed E-state index contributed by atoms with van der Waals surface area (Å²) in [4.78, 5) is 32.4. The van der Waals surface area contributed by atoms with Gasteiger partial charge in [-0.1, -0.05) is 18.2 Å². The Bertz CT molecular complexity index is 1190. The summed E-state index contributed by atoms with van der Waals surface area (Å²) < 4.78 is 19.4. The van der Waals surface area contributed by atoms with Crippen molar-refractivity contribution in [1.29, 1.82) is 0 Å². The minimum Gasteiger partial charge on any atom is -0.479 e. The fourth-order valence-electron chi connectivity index (χ4n) is 4.47. The molecule has 0 radical (unpaired) electrons. The number of halogens is 1. The van der Waals surface area contributed by atoms with E-state index in [1.165, 1.54) is 7.11 Å². The third kappa shape index (κ3) is 4.05. The molecule has 2 aromatic heterocycles. The van der Waals surface area contributed by atoms with Gasteiger partial charge >= 0.3 is 0 Å². The van der Waals surface area contributed by atoms with E-state index in [4.69, 9.17) is 4.74 Å². The van der Waals surface area contributed by atoms with Gasteiger partial charge in [0.15, 0.2) is 0 Å². The Hall–Kier alpha value is -3.31. The first-order chi connectivity index (χ1) is 16.5. The van der Waals surface area contributed by atoms with Gasteiger partial charge in [0.05, 0.1) is 30.2 Å². The van der Waals surface area contributed by atoms with E-state index < -0.39 is 11.4 Å². The molecule has 5 rings (SSSR count). The Balaban J connectivity index is 1.45. The zero-order valence-corrected chi connectivity index (χ0v) is 19.6. The zero-order chi connectivity index (χ0) is 23.7. The maximum atomic E-state index is 14.3. The van der Waals surface area contributed by atoms with Gasteiger partial charge in [0.1, 0.15) is 5.50 Å². The van der Waals surface area contributed by atoms with Crippen LogP contribution in [0.4, 0.5) is 10.3 Å². The number of aryl methyl sites for hydroxylation is 1. The Morgan fingerprint density at radius 1 is 1.29 bits per heavy atom. The standard InChI is InChI=1S/C23H24FN7O2S/c1-14-18(24)20(33-2)29-21(27-14)31-11-16-12-34-22(28-19(32)15-6-4-3-5-7-15)30-23(16,13-31)17-10-25-8-9-26-17/h3-10,16,22,30H,11-13H2,1-2H3,(H,28,32). The number of methoxy groups -OCH3 is 1. The normalized spacial score (nSPS) is 23.9. The first kappa shape index (κ1) is 22.5. The average Bonchev–Trinajstić information content (AvgIpc) is 3.27. The van der Waals surface area contributed by atoms with Crippen molar-refractivity contribution in [2.75, 3.05) is 30.9 Å². The van der Waals surface area contributed by atoms with Crippen LogP contribution in [-0.4, -0.2) is 57.3 Å². The molecule has 3 aromatic rings. The van der Waals surface area contributed by atoms with Crippen molar-refractivity contribution >= 4 is 23.6 Å². The van der Waals surface area contributed by atoms with Gasteiger partial charge in [-0.25, -0.2) is 4.98 Å². The van der Waals surface area contributed by atoms with E-state index in [-0.39, 0.29) is 28.9 Å². The molecule has 4 heterocycles. The second kappa shape index (κ2) is 9.15. The Kier molecular flexibility index (Phi) is 6.05. The summed E-state index contributed by atoms with van der Waals surface area (Å²) in [6.07, 6.45) is 5.03. The molecule has 176 valence electrons. The van der Waals surface area contributed by atoms with Crippen LogP contribution in [0.15, 0.2) is 48.9 Å². The number of benzene rings is 1. The van der Waals surface area contributed by atoms with Gasteiger partial charge in [-0.3, -0.25) is 20.1 Å². The smallest absolute Gasteiger partial charge is 0.255 e. The van der Waals surface area contributed by atoms with Crippen molar-refractivity contribution in [1.82, 2.24) is 30.6 Å². The van der Waals surface area contributed by atoms with Crippen molar-refractivity contribution in [2.45, 2.75) is 18.0 Å². The second-order valence-corrected chi connectivity index (χ2v) is 9.41. The van der Waals surface area contributed by atoms with Crippen molar-refractivity contribution in [2.24, 2.45) is 5.92 Å². The number of amides is 1. The molecule has 3 unspecified atom stereocenters. The fourth-order valence-corrected chi connectivity index (χ4v) is 5.77. The minimum absolute atomic E-state index is 0.0822. The number of ether oxygens (including phenoxy) is 1. The zero-order valence-electron chi connectivity index (χ0n) is 18.7. The molecule has 1 aromatic carbocycles. The van der Waals surface area contributed by atoms with Crippen LogP contribution in [0.25, 0.3) is 0 Å². The van der Waals surface area contributed by atoms with E-state index in [0.29, 0.717) is 24.6 Å². The van der Waals surface area contributed by atoms with Crippen molar-refractivity contribution in [3.05, 3.63) is 71.7 Å². The number of carbonyl (C=O) groups excluding carboxylic acids is 1. The van der Waals surface area contributed by atoms with Gasteiger partial charge in [0, 0.05) is 42.7 Å². The highest BCUT2D eigenvalue weighted by atomic mass is 32.2. The topological polar surface area (TPSA) is 105 Å². The number of hydrogen-bond acceptors (Lipinski definition) is 9. The molecular formula is C23H24FN7O2S. The molecule has 34 heavy (non-hydrogen) atoms. The summed E-state index contributed by atoms with van der Waals surface area (Å²) in [5.74, 6) is 0.474. The maximum Gasteiger partial charge on any atom is 0.255 e. The highest BCUT2D eigenvalue weighted by Crippen LogP contribution is 2.43. The number of thioether (sulfide) groups is 1. The quantitative estimate of drug-likeness (QED) is 0.567. The second-order valence-electron chi connectivity index (χ2n) is 8.27. The molecule has 3 atom stereocenters. The lowest BCUT2D eigenvalue weighted by Gasteiger charge is -2.42. The Morgan fingerprint density at radius 3 is 2.85 bits per heavy atom. The predicted molar refractivity (Wildman–Crippen MR) is 126 cm³/mol. The van der Waals surface area contributed by atoms with Crippen LogP contribution >= 0.6 is 11.8 Å². The van der Waals surface area contributed by atoms with Gasteiger partial charge in [-0.2, -0.15) is 9.37 Å². The van der Waals surface area contributed by atoms with Gasteiger partial charge in [0.25, 0.3) is 11.8 Å². The first-order valence-electron chi connectivity index (χ1n) is 10.8. The summed E-state index contributed by atoms with van der Waals surface area (Å²) in [5.41, 5.74) is 0.646. The number of hydrogen-bond donors (Lipinski definition) is 2. The molecule has 0 bridgehead atoms. The fraction of sp³-hybridized carbons (Fsp3) is 0.348. The van der Waals surface area contributed by atoms with E-state index in [9.17, 15) is 9.18 Å². The summed E-state index contributed by atoms with van der Waals surface area (Å²) in [6.45, 7) is 2.70. The molecule has 9 nitrogen and oxygen atoms in total. The number of aromatic nitrogens is 4. The van der Waals surface area contributed by atoms with E-state index in [0.717, 1.165) is 11.4 Å². The molecule has 2 aliphatic rings. The van der Waals surface area contributed by atoms with Crippen LogP contribution in [-0.2, 0) is 5.54 Å². The monoisotopic (exact) mass is 481 g/mol. The van der Waals surface area contributed by atoms with Crippen molar-refractivity contribution < 1.29 is 13.9 Å². The maximum absolute atomic E-state index is 14.3. The molecule has 2 saturated heterocycles. The molecular weight excluding hydrogens is 457 g/mol. The van der Waals surface area contributed by atoms with Crippen molar-refractivity contribution in [3.63, 3.8) is 0 Å². The van der Waals surface area contributed by atoms with E-state index in [1.54, 1.807) is 49.4 Å². The Morgan fingerprint density at radius 2 is 2.12 bits per heavy atom. The summed E-state index contributed by atoms with van der Waals surface area (Å²) >= 11 is 1.62. The van der Waals surface area contributed by atoms with E-state index in [1.807, 2.05) is 23.1 Å². The SMILES string of the molecule is COc1nc(N2CC3CSC(NC(=O)c4ccccc4)NC3(c3cnccn3)C2)nc(C)c1F. The summed E-state index contributed by atoms with van der Waals surface area (Å²) in [6, 6.07) is 9.10. The highest BCUT2D eigenvalue weighted by molar-refractivity contribution is 7.99. The van der Waals surface area contributed by atoms with Crippen LogP contribution in [0.2, 0.25) is 0 Å². The number of nitrogens with zero attached hydrogens (tertiary/aromatic N) is 5. The Labute approximate surface area is 200 Å². The van der Waals surface area contributed by atoms with Crippen LogP contribution in [0.3, 0.4) is 0 Å². The van der Waals surface area contributed by atoms with Gasteiger partial charge in [0.2, 0.25) is 11.8 Å². The van der Waals surface area contributed by atoms with Crippen LogP contribution in [0.5, 0.6) is 5.88 Å². The largest absolute Gasteiger partial charge is 0.479 e. The lowest BCUT2D eigenvalue weighted by molar-refractivity contribution is 0.0932. The number of fused-ring (bicyclic) bond motifs is 1. The van der Waals surface area contributed by atoms with Crippen LogP contribution in [0, 0.1) is 18.7 Å². The number of anilines is 1. The van der Waals surface area contributed by atoms with E-state index in [2.05, 4.69) is 30.6 Å². The molecule has 2 aliphatic heterocycles. The van der Waals surface area contributed by atoms with Gasteiger partial charge in [-0.15, -0.1) is 11.8 Å². The lowest BCUT2D eigenvalue weighted by atomic mass is 9.85. The third-order valence-corrected chi connectivity index (χ3v) is 7.36.